The first-order chi connectivity index (χ1) is 8.31. The minimum atomic E-state index is 0.0355. The molecule has 0 aromatic heterocycles. The maximum Gasteiger partial charge on any atom is 0.143 e. The normalized spacial score (nSPS) is 18.9. The number of aliphatic hydroxyl groups is 1. The van der Waals surface area contributed by atoms with Crippen molar-refractivity contribution in [2.75, 3.05) is 25.2 Å². The largest absolute Gasteiger partial charge is 0.489 e. The summed E-state index contributed by atoms with van der Waals surface area (Å²) in [6.07, 6.45) is 0. The summed E-state index contributed by atoms with van der Waals surface area (Å²) in [4.78, 5) is 2.11. The minimum absolute atomic E-state index is 0.0355. The second kappa shape index (κ2) is 3.93. The molecule has 1 N–H and O–H groups in total. The van der Waals surface area contributed by atoms with Crippen molar-refractivity contribution in [3.05, 3.63) is 36.4 Å². The second-order valence-corrected chi connectivity index (χ2v) is 4.39. The third-order valence-electron chi connectivity index (χ3n) is 3.41. The summed E-state index contributed by atoms with van der Waals surface area (Å²) in [7, 11) is 2.01. The molecule has 3 heteroatoms. The predicted octanol–water partition coefficient (Wildman–Crippen LogP) is 2.03. The first-order valence-corrected chi connectivity index (χ1v) is 5.79. The molecule has 0 saturated heterocycles. The summed E-state index contributed by atoms with van der Waals surface area (Å²) in [6, 6.07) is 12.3. The van der Waals surface area contributed by atoms with E-state index in [1.807, 2.05) is 25.2 Å². The van der Waals surface area contributed by atoms with Crippen molar-refractivity contribution < 1.29 is 9.84 Å². The molecule has 2 aromatic carbocycles. The number of anilines is 1. The van der Waals surface area contributed by atoms with Crippen LogP contribution in [0.15, 0.2) is 36.4 Å². The van der Waals surface area contributed by atoms with Crippen LogP contribution in [0.3, 0.4) is 0 Å². The molecular weight excluding hydrogens is 214 g/mol. The molecule has 1 heterocycles. The number of likely N-dealkylation sites (N-methyl/N-ethyl adjacent to an activating group) is 1. The number of benzene rings is 2. The molecule has 1 aliphatic heterocycles. The maximum absolute atomic E-state index is 9.34. The van der Waals surface area contributed by atoms with Crippen molar-refractivity contribution in [3.63, 3.8) is 0 Å². The molecule has 2 aromatic rings. The molecule has 0 amide bonds. The van der Waals surface area contributed by atoms with Crippen molar-refractivity contribution in [3.8, 4) is 5.75 Å². The summed E-state index contributed by atoms with van der Waals surface area (Å²) in [6.45, 7) is 0.650. The van der Waals surface area contributed by atoms with E-state index in [-0.39, 0.29) is 12.6 Å². The highest BCUT2D eigenvalue weighted by Gasteiger charge is 2.25. The molecule has 0 spiro atoms. The van der Waals surface area contributed by atoms with Crippen LogP contribution in [0.2, 0.25) is 0 Å². The standard InChI is InChI=1S/C14H15NO2/c1-15-11(8-16)9-17-13-7-6-10-4-2-3-5-12(10)14(13)15/h2-7,11,16H,8-9H2,1H3. The van der Waals surface area contributed by atoms with Crippen LogP contribution in [0.1, 0.15) is 0 Å². The fourth-order valence-electron chi connectivity index (χ4n) is 2.37. The van der Waals surface area contributed by atoms with Gasteiger partial charge in [-0.25, -0.2) is 0 Å². The smallest absolute Gasteiger partial charge is 0.143 e. The van der Waals surface area contributed by atoms with Crippen LogP contribution in [0.5, 0.6) is 5.75 Å². The van der Waals surface area contributed by atoms with E-state index >= 15 is 0 Å². The molecule has 1 atom stereocenters. The quantitative estimate of drug-likeness (QED) is 0.812. The number of aliphatic hydroxyl groups excluding tert-OH is 1. The van der Waals surface area contributed by atoms with Crippen molar-refractivity contribution in [2.45, 2.75) is 6.04 Å². The summed E-state index contributed by atoms with van der Waals surface area (Å²) in [5, 5.41) is 11.7. The molecule has 0 aliphatic carbocycles. The molecule has 0 saturated carbocycles. The Hall–Kier alpha value is -1.74. The zero-order valence-corrected chi connectivity index (χ0v) is 9.76. The van der Waals surface area contributed by atoms with Gasteiger partial charge in [0.1, 0.15) is 12.4 Å². The Morgan fingerprint density at radius 1 is 1.29 bits per heavy atom. The Balaban J connectivity index is 2.24. The van der Waals surface area contributed by atoms with Gasteiger partial charge in [-0.3, -0.25) is 0 Å². The van der Waals surface area contributed by atoms with E-state index in [4.69, 9.17) is 4.74 Å². The lowest BCUT2D eigenvalue weighted by molar-refractivity contribution is 0.192. The van der Waals surface area contributed by atoms with E-state index in [0.29, 0.717) is 6.61 Å². The van der Waals surface area contributed by atoms with Crippen LogP contribution in [-0.2, 0) is 0 Å². The van der Waals surface area contributed by atoms with Gasteiger partial charge < -0.3 is 14.7 Å². The van der Waals surface area contributed by atoms with Gasteiger partial charge in [-0.2, -0.15) is 0 Å². The summed E-state index contributed by atoms with van der Waals surface area (Å²) in [5.74, 6) is 0.899. The van der Waals surface area contributed by atoms with Crippen molar-refractivity contribution in [1.29, 1.82) is 0 Å². The number of fused-ring (bicyclic) bond motifs is 3. The third-order valence-corrected chi connectivity index (χ3v) is 3.41. The van der Waals surface area contributed by atoms with Gasteiger partial charge >= 0.3 is 0 Å². The summed E-state index contributed by atoms with van der Waals surface area (Å²) in [5.41, 5.74) is 1.08. The van der Waals surface area contributed by atoms with Gasteiger partial charge in [-0.1, -0.05) is 30.3 Å². The predicted molar refractivity (Wildman–Crippen MR) is 68.7 cm³/mol. The number of nitrogens with zero attached hydrogens (tertiary/aromatic N) is 1. The molecular formula is C14H15NO2. The lowest BCUT2D eigenvalue weighted by atomic mass is 10.0. The van der Waals surface area contributed by atoms with Gasteiger partial charge in [0, 0.05) is 12.4 Å². The molecule has 0 bridgehead atoms. The Kier molecular flexibility index (Phi) is 2.41. The van der Waals surface area contributed by atoms with Crippen LogP contribution in [0.4, 0.5) is 5.69 Å². The van der Waals surface area contributed by atoms with Crippen LogP contribution in [-0.4, -0.2) is 31.4 Å². The molecule has 3 nitrogen and oxygen atoms in total. The van der Waals surface area contributed by atoms with Crippen LogP contribution < -0.4 is 9.64 Å². The molecule has 0 fully saturated rings. The minimum Gasteiger partial charge on any atom is -0.489 e. The van der Waals surface area contributed by atoms with E-state index in [2.05, 4.69) is 23.1 Å². The average Bonchev–Trinajstić information content (AvgIpc) is 2.38. The molecule has 1 aliphatic rings. The number of hydrogen-bond acceptors (Lipinski definition) is 3. The summed E-state index contributed by atoms with van der Waals surface area (Å²) >= 11 is 0. The molecule has 3 rings (SSSR count). The lowest BCUT2D eigenvalue weighted by Gasteiger charge is -2.35. The third kappa shape index (κ3) is 1.54. The second-order valence-electron chi connectivity index (χ2n) is 4.39. The Bertz CT molecular complexity index is 553. The maximum atomic E-state index is 9.34. The zero-order valence-electron chi connectivity index (χ0n) is 9.76. The molecule has 17 heavy (non-hydrogen) atoms. The highest BCUT2D eigenvalue weighted by atomic mass is 16.5. The average molecular weight is 229 g/mol. The summed E-state index contributed by atoms with van der Waals surface area (Å²) < 4.78 is 5.70. The first kappa shape index (κ1) is 10.4. The molecule has 1 unspecified atom stereocenters. The van der Waals surface area contributed by atoms with E-state index in [1.54, 1.807) is 0 Å². The van der Waals surface area contributed by atoms with E-state index in [1.165, 1.54) is 10.8 Å². The Labute approximate surface area is 100 Å². The van der Waals surface area contributed by atoms with Crippen molar-refractivity contribution in [1.82, 2.24) is 0 Å². The fourth-order valence-corrected chi connectivity index (χ4v) is 2.37. The van der Waals surface area contributed by atoms with Crippen LogP contribution in [0.25, 0.3) is 10.8 Å². The van der Waals surface area contributed by atoms with E-state index in [9.17, 15) is 5.11 Å². The highest BCUT2D eigenvalue weighted by Crippen LogP contribution is 2.39. The van der Waals surface area contributed by atoms with Crippen LogP contribution >= 0.6 is 0 Å². The van der Waals surface area contributed by atoms with Gasteiger partial charge in [0.05, 0.1) is 18.3 Å². The van der Waals surface area contributed by atoms with Gasteiger partial charge in [-0.15, -0.1) is 0 Å². The van der Waals surface area contributed by atoms with Gasteiger partial charge in [-0.05, 0) is 11.5 Å². The van der Waals surface area contributed by atoms with Crippen LogP contribution in [0, 0.1) is 0 Å². The molecule has 88 valence electrons. The number of hydrogen-bond donors (Lipinski definition) is 1. The van der Waals surface area contributed by atoms with Gasteiger partial charge in [0.2, 0.25) is 0 Å². The number of rotatable bonds is 1. The van der Waals surface area contributed by atoms with Crippen molar-refractivity contribution in [2.24, 2.45) is 0 Å². The first-order valence-electron chi connectivity index (χ1n) is 5.79. The molecule has 0 radical (unpaired) electrons. The van der Waals surface area contributed by atoms with E-state index in [0.717, 1.165) is 11.4 Å². The monoisotopic (exact) mass is 229 g/mol. The topological polar surface area (TPSA) is 32.7 Å². The zero-order chi connectivity index (χ0) is 11.8. The van der Waals surface area contributed by atoms with Gasteiger partial charge in [0.25, 0.3) is 0 Å². The number of ether oxygens (including phenoxy) is 1. The van der Waals surface area contributed by atoms with Gasteiger partial charge in [0.15, 0.2) is 0 Å². The lowest BCUT2D eigenvalue weighted by Crippen LogP contribution is -2.42. The van der Waals surface area contributed by atoms with Crippen molar-refractivity contribution >= 4 is 16.5 Å². The van der Waals surface area contributed by atoms with E-state index < -0.39 is 0 Å². The Morgan fingerprint density at radius 2 is 2.12 bits per heavy atom. The SMILES string of the molecule is CN1c2c(ccc3ccccc23)OCC1CO. The highest BCUT2D eigenvalue weighted by molar-refractivity contribution is 5.97. The fraction of sp³-hybridized carbons (Fsp3) is 0.286. The Morgan fingerprint density at radius 3 is 2.94 bits per heavy atom.